The maximum atomic E-state index is 11.5. The molecular formula is C11H17BrO4. The molecule has 0 rings (SSSR count). The molecule has 0 aliphatic rings. The number of esters is 2. The summed E-state index contributed by atoms with van der Waals surface area (Å²) in [5.74, 6) is -2.14. The first-order chi connectivity index (χ1) is 7.62. The molecule has 0 aliphatic carbocycles. The van der Waals surface area contributed by atoms with E-state index in [4.69, 9.17) is 0 Å². The second-order valence-corrected chi connectivity index (χ2v) is 3.72. The van der Waals surface area contributed by atoms with Gasteiger partial charge in [-0.3, -0.25) is 9.59 Å². The predicted molar refractivity (Wildman–Crippen MR) is 64.1 cm³/mol. The highest BCUT2D eigenvalue weighted by atomic mass is 79.9. The van der Waals surface area contributed by atoms with Gasteiger partial charge in [0.05, 0.1) is 14.2 Å². The molecule has 0 unspecified atom stereocenters. The van der Waals surface area contributed by atoms with E-state index in [-0.39, 0.29) is 0 Å². The molecular weight excluding hydrogens is 276 g/mol. The lowest BCUT2D eigenvalue weighted by molar-refractivity contribution is -0.156. The average molecular weight is 293 g/mol. The molecule has 0 bridgehead atoms. The van der Waals surface area contributed by atoms with Gasteiger partial charge >= 0.3 is 11.9 Å². The summed E-state index contributed by atoms with van der Waals surface area (Å²) in [5.41, 5.74) is 0.681. The van der Waals surface area contributed by atoms with Crippen LogP contribution >= 0.6 is 15.9 Å². The zero-order valence-electron chi connectivity index (χ0n) is 9.79. The van der Waals surface area contributed by atoms with Gasteiger partial charge in [0.2, 0.25) is 0 Å². The summed E-state index contributed by atoms with van der Waals surface area (Å²) in [6, 6.07) is 0. The standard InChI is InChI=1S/C11H17BrO4/c1-4-5-6-8(7-12)9(10(13)15-2)11(14)16-3/h7,9H,4-6H2,1-3H3/b8-7+. The van der Waals surface area contributed by atoms with Crippen molar-refractivity contribution < 1.29 is 19.1 Å². The van der Waals surface area contributed by atoms with E-state index in [1.54, 1.807) is 4.99 Å². The summed E-state index contributed by atoms with van der Waals surface area (Å²) >= 11 is 3.16. The van der Waals surface area contributed by atoms with Gasteiger partial charge in [0.25, 0.3) is 0 Å². The Labute approximate surface area is 104 Å². The Bertz CT molecular complexity index is 257. The summed E-state index contributed by atoms with van der Waals surface area (Å²) < 4.78 is 9.19. The molecule has 0 aliphatic heterocycles. The molecule has 0 aromatic carbocycles. The van der Waals surface area contributed by atoms with Crippen molar-refractivity contribution in [2.45, 2.75) is 26.2 Å². The van der Waals surface area contributed by atoms with Crippen LogP contribution < -0.4 is 0 Å². The minimum absolute atomic E-state index is 0.589. The summed E-state index contributed by atoms with van der Waals surface area (Å²) in [4.78, 5) is 24.6. The van der Waals surface area contributed by atoms with Crippen molar-refractivity contribution in [2.24, 2.45) is 5.92 Å². The molecule has 0 saturated carbocycles. The minimum atomic E-state index is -0.957. The first-order valence-corrected chi connectivity index (χ1v) is 5.98. The van der Waals surface area contributed by atoms with E-state index in [0.29, 0.717) is 12.0 Å². The number of unbranched alkanes of at least 4 members (excludes halogenated alkanes) is 1. The molecule has 0 amide bonds. The van der Waals surface area contributed by atoms with Crippen LogP contribution in [0.4, 0.5) is 0 Å². The van der Waals surface area contributed by atoms with E-state index in [9.17, 15) is 9.59 Å². The van der Waals surface area contributed by atoms with Crippen molar-refractivity contribution in [1.29, 1.82) is 0 Å². The Morgan fingerprint density at radius 2 is 1.75 bits per heavy atom. The number of ether oxygens (including phenoxy) is 2. The summed E-state index contributed by atoms with van der Waals surface area (Å²) in [5, 5.41) is 0. The van der Waals surface area contributed by atoms with E-state index in [1.807, 2.05) is 6.92 Å². The number of hydrogen-bond donors (Lipinski definition) is 0. The monoisotopic (exact) mass is 292 g/mol. The Hall–Kier alpha value is -0.840. The topological polar surface area (TPSA) is 52.6 Å². The van der Waals surface area contributed by atoms with Gasteiger partial charge in [-0.15, -0.1) is 0 Å². The van der Waals surface area contributed by atoms with Crippen LogP contribution in [0.25, 0.3) is 0 Å². The van der Waals surface area contributed by atoms with Gasteiger partial charge in [0, 0.05) is 0 Å². The Morgan fingerprint density at radius 1 is 1.25 bits per heavy atom. The van der Waals surface area contributed by atoms with Crippen LogP contribution in [0.5, 0.6) is 0 Å². The molecule has 5 heteroatoms. The molecule has 0 fully saturated rings. The van der Waals surface area contributed by atoms with Crippen LogP contribution in [0.3, 0.4) is 0 Å². The molecule has 0 aromatic rings. The maximum absolute atomic E-state index is 11.5. The van der Waals surface area contributed by atoms with Gasteiger partial charge in [0.15, 0.2) is 5.92 Å². The SMILES string of the molecule is CCCC/C(=C\Br)C(C(=O)OC)C(=O)OC. The van der Waals surface area contributed by atoms with E-state index < -0.39 is 17.9 Å². The molecule has 0 radical (unpaired) electrons. The molecule has 0 aromatic heterocycles. The van der Waals surface area contributed by atoms with Crippen molar-refractivity contribution in [1.82, 2.24) is 0 Å². The van der Waals surface area contributed by atoms with Crippen molar-refractivity contribution >= 4 is 27.9 Å². The van der Waals surface area contributed by atoms with Crippen molar-refractivity contribution in [3.05, 3.63) is 10.6 Å². The Morgan fingerprint density at radius 3 is 2.06 bits per heavy atom. The van der Waals surface area contributed by atoms with Gasteiger partial charge in [0.1, 0.15) is 0 Å². The van der Waals surface area contributed by atoms with Crippen LogP contribution in [-0.4, -0.2) is 26.2 Å². The number of halogens is 1. The fraction of sp³-hybridized carbons (Fsp3) is 0.636. The number of rotatable bonds is 6. The number of hydrogen-bond acceptors (Lipinski definition) is 4. The predicted octanol–water partition coefficient (Wildman–Crippen LogP) is 2.42. The first kappa shape index (κ1) is 15.2. The van der Waals surface area contributed by atoms with Gasteiger partial charge in [-0.1, -0.05) is 29.3 Å². The summed E-state index contributed by atoms with van der Waals surface area (Å²) in [7, 11) is 2.51. The van der Waals surface area contributed by atoms with Crippen LogP contribution in [0.1, 0.15) is 26.2 Å². The molecule has 16 heavy (non-hydrogen) atoms. The van der Waals surface area contributed by atoms with Crippen LogP contribution in [-0.2, 0) is 19.1 Å². The largest absolute Gasteiger partial charge is 0.468 e. The van der Waals surface area contributed by atoms with E-state index in [0.717, 1.165) is 12.8 Å². The van der Waals surface area contributed by atoms with Crippen LogP contribution in [0.2, 0.25) is 0 Å². The lowest BCUT2D eigenvalue weighted by atomic mass is 9.96. The van der Waals surface area contributed by atoms with E-state index >= 15 is 0 Å². The Kier molecular flexibility index (Phi) is 7.89. The minimum Gasteiger partial charge on any atom is -0.468 e. The lowest BCUT2D eigenvalue weighted by Gasteiger charge is -2.15. The van der Waals surface area contributed by atoms with E-state index in [2.05, 4.69) is 25.4 Å². The maximum Gasteiger partial charge on any atom is 0.324 e. The molecule has 4 nitrogen and oxygen atoms in total. The second-order valence-electron chi connectivity index (χ2n) is 3.27. The van der Waals surface area contributed by atoms with Gasteiger partial charge in [-0.05, 0) is 23.4 Å². The quantitative estimate of drug-likeness (QED) is 0.557. The molecule has 92 valence electrons. The fourth-order valence-corrected chi connectivity index (χ4v) is 1.77. The lowest BCUT2D eigenvalue weighted by Crippen LogP contribution is -2.28. The molecule has 0 N–H and O–H groups in total. The van der Waals surface area contributed by atoms with Crippen LogP contribution in [0, 0.1) is 5.92 Å². The smallest absolute Gasteiger partial charge is 0.324 e. The van der Waals surface area contributed by atoms with Gasteiger partial charge in [-0.2, -0.15) is 0 Å². The molecule has 0 saturated heterocycles. The third kappa shape index (κ3) is 4.35. The fourth-order valence-electron chi connectivity index (χ4n) is 1.28. The normalized spacial score (nSPS) is 11.4. The zero-order valence-corrected chi connectivity index (χ0v) is 11.4. The van der Waals surface area contributed by atoms with Crippen molar-refractivity contribution in [3.63, 3.8) is 0 Å². The van der Waals surface area contributed by atoms with Crippen molar-refractivity contribution in [2.75, 3.05) is 14.2 Å². The second kappa shape index (κ2) is 8.33. The third-order valence-electron chi connectivity index (χ3n) is 2.20. The third-order valence-corrected chi connectivity index (χ3v) is 2.79. The summed E-state index contributed by atoms with van der Waals surface area (Å²) in [6.45, 7) is 2.04. The highest BCUT2D eigenvalue weighted by Gasteiger charge is 2.31. The Balaban J connectivity index is 4.85. The molecule has 0 heterocycles. The first-order valence-electron chi connectivity index (χ1n) is 5.07. The highest BCUT2D eigenvalue weighted by Crippen LogP contribution is 2.22. The zero-order chi connectivity index (χ0) is 12.6. The highest BCUT2D eigenvalue weighted by molar-refractivity contribution is 9.11. The molecule has 0 spiro atoms. The number of methoxy groups -OCH3 is 2. The van der Waals surface area contributed by atoms with Gasteiger partial charge in [-0.25, -0.2) is 0 Å². The van der Waals surface area contributed by atoms with Crippen molar-refractivity contribution in [3.8, 4) is 0 Å². The summed E-state index contributed by atoms with van der Waals surface area (Å²) in [6.07, 6.45) is 2.55. The van der Waals surface area contributed by atoms with Crippen LogP contribution in [0.15, 0.2) is 10.6 Å². The number of carbonyl (C=O) groups excluding carboxylic acids is 2. The molecule has 0 atom stereocenters. The van der Waals surface area contributed by atoms with E-state index in [1.165, 1.54) is 14.2 Å². The van der Waals surface area contributed by atoms with Gasteiger partial charge < -0.3 is 9.47 Å². The number of carbonyl (C=O) groups is 2. The average Bonchev–Trinajstić information content (AvgIpc) is 2.32.